The van der Waals surface area contributed by atoms with E-state index in [1.54, 1.807) is 5.57 Å². The van der Waals surface area contributed by atoms with Gasteiger partial charge in [-0.25, -0.2) is 0 Å². The van der Waals surface area contributed by atoms with E-state index in [0.717, 1.165) is 18.3 Å². The van der Waals surface area contributed by atoms with Crippen molar-refractivity contribution in [3.63, 3.8) is 0 Å². The van der Waals surface area contributed by atoms with E-state index in [4.69, 9.17) is 0 Å². The van der Waals surface area contributed by atoms with Crippen LogP contribution in [0.3, 0.4) is 0 Å². The molecule has 1 heteroatoms. The fourth-order valence-electron chi connectivity index (χ4n) is 7.23. The molecule has 0 heterocycles. The van der Waals surface area contributed by atoms with Crippen LogP contribution in [0.4, 0.5) is 0 Å². The molecule has 0 radical (unpaired) electrons. The number of allylic oxidation sites excluding steroid dienone is 2. The average Bonchev–Trinajstić information content (AvgIpc) is 2.90. The lowest BCUT2D eigenvalue weighted by atomic mass is 9.47. The second kappa shape index (κ2) is 5.74. The second-order valence-electron chi connectivity index (χ2n) is 9.23. The van der Waals surface area contributed by atoms with Crippen LogP contribution in [-0.4, -0.2) is 5.78 Å². The van der Waals surface area contributed by atoms with E-state index in [0.29, 0.717) is 17.1 Å². The summed E-state index contributed by atoms with van der Waals surface area (Å²) in [6, 6.07) is 0. The Morgan fingerprint density at radius 3 is 2.83 bits per heavy atom. The quantitative estimate of drug-likeness (QED) is 0.577. The molecule has 0 amide bonds. The standard InChI is InChI=1S/C22H34O/c1-3-4-14-22-15-12-18-17(19(22)10-11-20(22)23)9-8-16-7-5-6-13-21(16,18)2/h8,17-19H,3-7,9-15H2,1-2H3/t17-,18+,19+,21+,22+/m1/s1. The molecule has 0 aromatic carbocycles. The molecule has 0 bridgehead atoms. The van der Waals surface area contributed by atoms with Crippen molar-refractivity contribution in [2.45, 2.75) is 90.9 Å². The van der Waals surface area contributed by atoms with Crippen LogP contribution >= 0.6 is 0 Å². The molecule has 0 saturated heterocycles. The van der Waals surface area contributed by atoms with Crippen LogP contribution in [-0.2, 0) is 4.79 Å². The van der Waals surface area contributed by atoms with Crippen molar-refractivity contribution in [1.82, 2.24) is 0 Å². The molecule has 3 saturated carbocycles. The topological polar surface area (TPSA) is 17.1 Å². The summed E-state index contributed by atoms with van der Waals surface area (Å²) in [5.41, 5.74) is 2.35. The summed E-state index contributed by atoms with van der Waals surface area (Å²) in [6.07, 6.45) is 17.8. The highest BCUT2D eigenvalue weighted by molar-refractivity contribution is 5.87. The minimum Gasteiger partial charge on any atom is -0.299 e. The van der Waals surface area contributed by atoms with Gasteiger partial charge in [0.2, 0.25) is 0 Å². The van der Waals surface area contributed by atoms with Crippen LogP contribution in [0.25, 0.3) is 0 Å². The van der Waals surface area contributed by atoms with Gasteiger partial charge in [-0.15, -0.1) is 0 Å². The Morgan fingerprint density at radius 2 is 2.00 bits per heavy atom. The number of hydrogen-bond donors (Lipinski definition) is 0. The van der Waals surface area contributed by atoms with Crippen molar-refractivity contribution in [3.05, 3.63) is 11.6 Å². The summed E-state index contributed by atoms with van der Waals surface area (Å²) < 4.78 is 0. The lowest BCUT2D eigenvalue weighted by Crippen LogP contribution is -2.50. The van der Waals surface area contributed by atoms with Crippen molar-refractivity contribution in [3.8, 4) is 0 Å². The summed E-state index contributed by atoms with van der Waals surface area (Å²) in [7, 11) is 0. The van der Waals surface area contributed by atoms with Gasteiger partial charge in [0.15, 0.2) is 0 Å². The number of rotatable bonds is 3. The van der Waals surface area contributed by atoms with Crippen molar-refractivity contribution < 1.29 is 4.79 Å². The van der Waals surface area contributed by atoms with Crippen LogP contribution in [0, 0.1) is 28.6 Å². The zero-order valence-corrected chi connectivity index (χ0v) is 15.2. The van der Waals surface area contributed by atoms with E-state index >= 15 is 0 Å². The first-order valence-electron chi connectivity index (χ1n) is 10.3. The molecule has 4 rings (SSSR count). The predicted molar refractivity (Wildman–Crippen MR) is 95.2 cm³/mol. The maximum absolute atomic E-state index is 12.9. The predicted octanol–water partition coefficient (Wildman–Crippen LogP) is 6.08. The Bertz CT molecular complexity index is 518. The van der Waals surface area contributed by atoms with Gasteiger partial charge in [-0.05, 0) is 74.5 Å². The molecule has 0 unspecified atom stereocenters. The van der Waals surface area contributed by atoms with E-state index in [-0.39, 0.29) is 5.41 Å². The first kappa shape index (κ1) is 15.9. The number of unbranched alkanes of at least 4 members (excludes halogenated alkanes) is 1. The molecule has 4 aliphatic carbocycles. The highest BCUT2D eigenvalue weighted by Crippen LogP contribution is 2.65. The van der Waals surface area contributed by atoms with Crippen LogP contribution in [0.1, 0.15) is 90.9 Å². The lowest BCUT2D eigenvalue weighted by Gasteiger charge is -2.57. The Balaban J connectivity index is 1.66. The van der Waals surface area contributed by atoms with Gasteiger partial charge in [-0.2, -0.15) is 0 Å². The molecular weight excluding hydrogens is 280 g/mol. The van der Waals surface area contributed by atoms with Gasteiger partial charge in [0.05, 0.1) is 0 Å². The van der Waals surface area contributed by atoms with Crippen LogP contribution in [0.2, 0.25) is 0 Å². The molecule has 5 atom stereocenters. The summed E-state index contributed by atoms with van der Waals surface area (Å²) in [6.45, 7) is 4.85. The number of carbonyl (C=O) groups is 1. The highest BCUT2D eigenvalue weighted by atomic mass is 16.1. The van der Waals surface area contributed by atoms with Crippen LogP contribution < -0.4 is 0 Å². The number of ketones is 1. The summed E-state index contributed by atoms with van der Waals surface area (Å²) in [5.74, 6) is 3.02. The molecule has 0 spiro atoms. The molecule has 1 nitrogen and oxygen atoms in total. The molecule has 0 aromatic rings. The Morgan fingerprint density at radius 1 is 1.13 bits per heavy atom. The molecule has 3 fully saturated rings. The summed E-state index contributed by atoms with van der Waals surface area (Å²) in [4.78, 5) is 12.9. The molecule has 0 N–H and O–H groups in total. The molecular formula is C22H34O. The third-order valence-electron chi connectivity index (χ3n) is 8.44. The first-order valence-corrected chi connectivity index (χ1v) is 10.3. The lowest BCUT2D eigenvalue weighted by molar-refractivity contribution is -0.134. The zero-order chi connectivity index (χ0) is 16.1. The molecule has 4 aliphatic rings. The zero-order valence-electron chi connectivity index (χ0n) is 15.2. The molecule has 0 aliphatic heterocycles. The van der Waals surface area contributed by atoms with Gasteiger partial charge in [0, 0.05) is 11.8 Å². The third kappa shape index (κ3) is 2.21. The fourth-order valence-corrected chi connectivity index (χ4v) is 7.23. The maximum atomic E-state index is 12.9. The average molecular weight is 315 g/mol. The SMILES string of the molecule is CCCC[C@]12CC[C@H]3[C@@H](CC=C4CCCC[C@@]43C)[C@@H]1CCC2=O. The largest absolute Gasteiger partial charge is 0.299 e. The van der Waals surface area contributed by atoms with Crippen molar-refractivity contribution in [1.29, 1.82) is 0 Å². The smallest absolute Gasteiger partial charge is 0.139 e. The van der Waals surface area contributed by atoms with Crippen molar-refractivity contribution >= 4 is 5.78 Å². The van der Waals surface area contributed by atoms with Gasteiger partial charge in [-0.3, -0.25) is 4.79 Å². The van der Waals surface area contributed by atoms with Crippen LogP contribution in [0.15, 0.2) is 11.6 Å². The molecule has 23 heavy (non-hydrogen) atoms. The van der Waals surface area contributed by atoms with Gasteiger partial charge in [0.25, 0.3) is 0 Å². The molecule has 0 aromatic heterocycles. The molecule has 128 valence electrons. The van der Waals surface area contributed by atoms with E-state index in [9.17, 15) is 4.79 Å². The number of Topliss-reactive ketones (excluding diaryl/α,β-unsaturated/α-hetero) is 1. The fraction of sp³-hybridized carbons (Fsp3) is 0.864. The minimum absolute atomic E-state index is 0.0908. The minimum atomic E-state index is 0.0908. The van der Waals surface area contributed by atoms with E-state index in [2.05, 4.69) is 19.9 Å². The Labute approximate surface area is 142 Å². The monoisotopic (exact) mass is 314 g/mol. The van der Waals surface area contributed by atoms with Gasteiger partial charge in [0.1, 0.15) is 5.78 Å². The van der Waals surface area contributed by atoms with Gasteiger partial charge < -0.3 is 0 Å². The third-order valence-corrected chi connectivity index (χ3v) is 8.44. The summed E-state index contributed by atoms with van der Waals surface area (Å²) >= 11 is 0. The maximum Gasteiger partial charge on any atom is 0.139 e. The van der Waals surface area contributed by atoms with Crippen molar-refractivity contribution in [2.24, 2.45) is 28.6 Å². The van der Waals surface area contributed by atoms with Gasteiger partial charge >= 0.3 is 0 Å². The van der Waals surface area contributed by atoms with E-state index in [1.807, 2.05) is 0 Å². The number of hydrogen-bond acceptors (Lipinski definition) is 1. The van der Waals surface area contributed by atoms with Crippen LogP contribution in [0.5, 0.6) is 0 Å². The summed E-state index contributed by atoms with van der Waals surface area (Å²) in [5, 5.41) is 0. The number of carbonyl (C=O) groups excluding carboxylic acids is 1. The van der Waals surface area contributed by atoms with Gasteiger partial charge in [-0.1, -0.05) is 44.8 Å². The normalized spacial score (nSPS) is 45.9. The highest BCUT2D eigenvalue weighted by Gasteiger charge is 2.59. The first-order chi connectivity index (χ1) is 11.1. The van der Waals surface area contributed by atoms with Crippen molar-refractivity contribution in [2.75, 3.05) is 0 Å². The number of fused-ring (bicyclic) bond motifs is 5. The second-order valence-corrected chi connectivity index (χ2v) is 9.23. The van der Waals surface area contributed by atoms with E-state index in [1.165, 1.54) is 70.6 Å². The Kier molecular flexibility index (Phi) is 3.97. The Hall–Kier alpha value is -0.590. The van der Waals surface area contributed by atoms with E-state index < -0.39 is 0 Å².